The average molecular weight is 417 g/mol. The molecule has 0 fully saturated rings. The van der Waals surface area contributed by atoms with Crippen molar-refractivity contribution in [3.63, 3.8) is 0 Å². The molecule has 0 spiro atoms. The highest BCUT2D eigenvalue weighted by Gasteiger charge is 2.12. The van der Waals surface area contributed by atoms with Gasteiger partial charge in [0.05, 0.1) is 29.0 Å². The molecule has 30 heavy (non-hydrogen) atoms. The summed E-state index contributed by atoms with van der Waals surface area (Å²) >= 11 is 1.21. The first-order chi connectivity index (χ1) is 14.5. The van der Waals surface area contributed by atoms with Gasteiger partial charge in [-0.3, -0.25) is 4.79 Å². The van der Waals surface area contributed by atoms with Gasteiger partial charge in [0.25, 0.3) is 0 Å². The van der Waals surface area contributed by atoms with Crippen molar-refractivity contribution < 1.29 is 4.79 Å². The molecule has 0 aliphatic carbocycles. The Hall–Kier alpha value is -3.65. The van der Waals surface area contributed by atoms with Crippen molar-refractivity contribution in [1.29, 1.82) is 0 Å². The molecule has 0 atom stereocenters. The highest BCUT2D eigenvalue weighted by Crippen LogP contribution is 2.15. The van der Waals surface area contributed by atoms with Gasteiger partial charge >= 0.3 is 0 Å². The molecule has 7 nitrogen and oxygen atoms in total. The lowest BCUT2D eigenvalue weighted by Crippen LogP contribution is -2.14. The van der Waals surface area contributed by atoms with Gasteiger partial charge in [0, 0.05) is 12.5 Å². The van der Waals surface area contributed by atoms with Gasteiger partial charge in [0.15, 0.2) is 10.8 Å². The highest BCUT2D eigenvalue weighted by molar-refractivity contribution is 7.10. The zero-order chi connectivity index (χ0) is 21.1. The van der Waals surface area contributed by atoms with Crippen molar-refractivity contribution in [1.82, 2.24) is 19.6 Å². The Morgan fingerprint density at radius 2 is 1.53 bits per heavy atom. The van der Waals surface area contributed by atoms with Gasteiger partial charge in [0.1, 0.15) is 0 Å². The second kappa shape index (κ2) is 8.38. The van der Waals surface area contributed by atoms with Crippen LogP contribution in [0, 0.1) is 6.92 Å². The van der Waals surface area contributed by atoms with Crippen LogP contribution in [0.1, 0.15) is 34.9 Å². The number of nitrogens with zero attached hydrogens (tertiary/aromatic N) is 6. The fourth-order valence-electron chi connectivity index (χ4n) is 2.99. The molecular formula is C22H20N6OS. The standard InChI is InChI=1S/C22H20N6OS/c1-15(20-14-23-27(16(20)2)18-10-6-4-7-11-18)24-25-22-28(19-12-8-5-9-13-19)26-21(30-22)17(3)29/h4-14H,1-3H3. The maximum atomic E-state index is 11.8. The van der Waals surface area contributed by atoms with Crippen molar-refractivity contribution >= 4 is 22.8 Å². The number of Topliss-reactive ketones (excluding diaryl/α,β-unsaturated/α-hetero) is 1. The molecule has 8 heteroatoms. The van der Waals surface area contributed by atoms with Crippen LogP contribution in [0.2, 0.25) is 0 Å². The van der Waals surface area contributed by atoms with Gasteiger partial charge in [-0.15, -0.1) is 5.10 Å². The fourth-order valence-corrected chi connectivity index (χ4v) is 3.75. The molecule has 0 radical (unpaired) electrons. The van der Waals surface area contributed by atoms with Crippen molar-refractivity contribution in [2.75, 3.05) is 0 Å². The molecule has 4 rings (SSSR count). The summed E-state index contributed by atoms with van der Waals surface area (Å²) in [6, 6.07) is 19.5. The van der Waals surface area contributed by atoms with Gasteiger partial charge in [-0.1, -0.05) is 47.7 Å². The van der Waals surface area contributed by atoms with Gasteiger partial charge < -0.3 is 0 Å². The maximum Gasteiger partial charge on any atom is 0.233 e. The maximum absolute atomic E-state index is 11.8. The number of carbonyl (C=O) groups excluding carboxylic acids is 1. The molecule has 2 heterocycles. The van der Waals surface area contributed by atoms with E-state index in [-0.39, 0.29) is 5.78 Å². The molecule has 0 N–H and O–H groups in total. The van der Waals surface area contributed by atoms with E-state index in [2.05, 4.69) is 20.4 Å². The van der Waals surface area contributed by atoms with Crippen LogP contribution in [0.5, 0.6) is 0 Å². The van der Waals surface area contributed by atoms with E-state index in [4.69, 9.17) is 0 Å². The summed E-state index contributed by atoms with van der Waals surface area (Å²) < 4.78 is 3.51. The Bertz CT molecular complexity index is 1280. The second-order valence-electron chi connectivity index (χ2n) is 6.67. The lowest BCUT2D eigenvalue weighted by atomic mass is 10.2. The van der Waals surface area contributed by atoms with Gasteiger partial charge in [0.2, 0.25) is 4.80 Å². The lowest BCUT2D eigenvalue weighted by molar-refractivity contribution is 0.101. The van der Waals surface area contributed by atoms with E-state index in [9.17, 15) is 4.79 Å². The predicted octanol–water partition coefficient (Wildman–Crippen LogP) is 3.96. The Kier molecular flexibility index (Phi) is 5.49. The second-order valence-corrected chi connectivity index (χ2v) is 7.63. The van der Waals surface area contributed by atoms with Crippen molar-refractivity contribution in [3.05, 3.63) is 87.9 Å². The fraction of sp³-hybridized carbons (Fsp3) is 0.136. The molecule has 150 valence electrons. The summed E-state index contributed by atoms with van der Waals surface area (Å²) in [7, 11) is 0. The normalized spacial score (nSPS) is 12.4. The van der Waals surface area contributed by atoms with Crippen LogP contribution in [-0.2, 0) is 0 Å². The molecule has 2 aromatic carbocycles. The smallest absolute Gasteiger partial charge is 0.233 e. The number of hydrogen-bond donors (Lipinski definition) is 0. The zero-order valence-electron chi connectivity index (χ0n) is 16.9. The number of hydrogen-bond acceptors (Lipinski definition) is 6. The van der Waals surface area contributed by atoms with Gasteiger partial charge in [-0.2, -0.15) is 15.3 Å². The number of rotatable bonds is 5. The van der Waals surface area contributed by atoms with E-state index < -0.39 is 0 Å². The number of ketones is 1. The number of benzene rings is 2. The topological polar surface area (TPSA) is 77.4 Å². The quantitative estimate of drug-likeness (QED) is 0.281. The Labute approximate surface area is 177 Å². The summed E-state index contributed by atoms with van der Waals surface area (Å²) in [6.45, 7) is 5.38. The summed E-state index contributed by atoms with van der Waals surface area (Å²) in [5.74, 6) is -0.105. The summed E-state index contributed by atoms with van der Waals surface area (Å²) in [5, 5.41) is 18.1. The number of carbonyl (C=O) groups is 1. The molecule has 4 aromatic rings. The van der Waals surface area contributed by atoms with Crippen LogP contribution in [0.25, 0.3) is 11.4 Å². The zero-order valence-corrected chi connectivity index (χ0v) is 17.7. The third-order valence-corrected chi connectivity index (χ3v) is 5.55. The van der Waals surface area contributed by atoms with Crippen LogP contribution >= 0.6 is 11.3 Å². The first-order valence-electron chi connectivity index (χ1n) is 9.40. The van der Waals surface area contributed by atoms with Crippen LogP contribution in [0.3, 0.4) is 0 Å². The minimum Gasteiger partial charge on any atom is -0.292 e. The monoisotopic (exact) mass is 416 g/mol. The first-order valence-corrected chi connectivity index (χ1v) is 10.2. The molecular weight excluding hydrogens is 396 g/mol. The van der Waals surface area contributed by atoms with Crippen molar-refractivity contribution in [3.8, 4) is 11.4 Å². The minimum absolute atomic E-state index is 0.105. The minimum atomic E-state index is -0.105. The number of para-hydroxylation sites is 2. The van der Waals surface area contributed by atoms with E-state index in [0.29, 0.717) is 9.81 Å². The van der Waals surface area contributed by atoms with Crippen molar-refractivity contribution in [2.45, 2.75) is 20.8 Å². The number of aromatic nitrogens is 4. The summed E-state index contributed by atoms with van der Waals surface area (Å²) in [6.07, 6.45) is 1.79. The van der Waals surface area contributed by atoms with E-state index in [1.54, 1.807) is 10.9 Å². The highest BCUT2D eigenvalue weighted by atomic mass is 32.1. The molecule has 0 saturated heterocycles. The van der Waals surface area contributed by atoms with Crippen LogP contribution < -0.4 is 4.80 Å². The Morgan fingerprint density at radius 3 is 2.13 bits per heavy atom. The van der Waals surface area contributed by atoms with Crippen molar-refractivity contribution in [2.24, 2.45) is 10.2 Å². The third-order valence-electron chi connectivity index (χ3n) is 4.55. The van der Waals surface area contributed by atoms with Gasteiger partial charge in [-0.05, 0) is 38.1 Å². The van der Waals surface area contributed by atoms with E-state index >= 15 is 0 Å². The van der Waals surface area contributed by atoms with E-state index in [1.165, 1.54) is 18.3 Å². The van der Waals surface area contributed by atoms with Crippen LogP contribution in [-0.4, -0.2) is 31.1 Å². The Morgan fingerprint density at radius 1 is 0.933 bits per heavy atom. The summed E-state index contributed by atoms with van der Waals surface area (Å²) in [5.41, 5.74) is 4.42. The van der Waals surface area contributed by atoms with Crippen LogP contribution in [0.4, 0.5) is 0 Å². The van der Waals surface area contributed by atoms with E-state index in [0.717, 1.165) is 28.3 Å². The molecule has 2 aromatic heterocycles. The first kappa shape index (κ1) is 19.7. The molecule has 0 unspecified atom stereocenters. The van der Waals surface area contributed by atoms with E-state index in [1.807, 2.05) is 79.2 Å². The molecule has 0 aliphatic rings. The SMILES string of the molecule is CC(=O)c1nn(-c2ccccc2)c(=NN=C(C)c2cnn(-c3ccccc3)c2C)s1. The lowest BCUT2D eigenvalue weighted by Gasteiger charge is -2.04. The molecule has 0 bridgehead atoms. The molecule has 0 aliphatic heterocycles. The van der Waals surface area contributed by atoms with Gasteiger partial charge in [-0.25, -0.2) is 9.36 Å². The molecule has 0 saturated carbocycles. The predicted molar refractivity (Wildman–Crippen MR) is 118 cm³/mol. The largest absolute Gasteiger partial charge is 0.292 e. The average Bonchev–Trinajstić information content (AvgIpc) is 3.37. The third kappa shape index (κ3) is 3.90. The molecule has 0 amide bonds. The Balaban J connectivity index is 1.75. The van der Waals surface area contributed by atoms with Crippen LogP contribution in [0.15, 0.2) is 77.1 Å². The summed E-state index contributed by atoms with van der Waals surface area (Å²) in [4.78, 5) is 12.4.